The normalized spacial score (nSPS) is 10.1. The third-order valence-corrected chi connectivity index (χ3v) is 2.98. The van der Waals surface area contributed by atoms with Crippen molar-refractivity contribution in [3.8, 4) is 5.75 Å². The minimum absolute atomic E-state index is 0.855. The molecule has 2 aromatic rings. The predicted octanol–water partition coefficient (Wildman–Crippen LogP) is 4.06. The number of benzene rings is 2. The van der Waals surface area contributed by atoms with Crippen LogP contribution in [-0.4, -0.2) is 7.11 Å². The smallest absolute Gasteiger partial charge is 0.142 e. The van der Waals surface area contributed by atoms with Gasteiger partial charge in [-0.2, -0.15) is 0 Å². The van der Waals surface area contributed by atoms with Gasteiger partial charge in [0.05, 0.1) is 12.8 Å². The molecular weight excluding hydrogens is 210 g/mol. The van der Waals surface area contributed by atoms with E-state index >= 15 is 0 Å². The summed E-state index contributed by atoms with van der Waals surface area (Å²) in [5.41, 5.74) is 4.65. The lowest BCUT2D eigenvalue weighted by Gasteiger charge is -2.14. The number of methoxy groups -OCH3 is 1. The third-order valence-electron chi connectivity index (χ3n) is 2.98. The number of para-hydroxylation sites is 2. The lowest BCUT2D eigenvalue weighted by Crippen LogP contribution is -1.97. The van der Waals surface area contributed by atoms with E-state index in [0.29, 0.717) is 0 Å². The summed E-state index contributed by atoms with van der Waals surface area (Å²) in [5, 5.41) is 3.41. The van der Waals surface area contributed by atoms with Crippen molar-refractivity contribution in [2.75, 3.05) is 12.4 Å². The molecule has 2 rings (SSSR count). The first-order chi connectivity index (χ1) is 8.22. The minimum atomic E-state index is 0.855. The van der Waals surface area contributed by atoms with E-state index in [0.717, 1.165) is 17.1 Å². The van der Waals surface area contributed by atoms with E-state index in [4.69, 9.17) is 4.74 Å². The lowest BCUT2D eigenvalue weighted by molar-refractivity contribution is 0.417. The van der Waals surface area contributed by atoms with Gasteiger partial charge in [0.15, 0.2) is 0 Å². The molecule has 0 atom stereocenters. The van der Waals surface area contributed by atoms with Gasteiger partial charge in [0.1, 0.15) is 5.75 Å². The minimum Gasteiger partial charge on any atom is -0.495 e. The molecule has 1 N–H and O–H groups in total. The van der Waals surface area contributed by atoms with E-state index in [1.54, 1.807) is 7.11 Å². The Labute approximate surface area is 102 Å². The van der Waals surface area contributed by atoms with Crippen LogP contribution in [-0.2, 0) is 0 Å². The van der Waals surface area contributed by atoms with Crippen molar-refractivity contribution in [3.63, 3.8) is 0 Å². The molecule has 0 saturated carbocycles. The number of anilines is 2. The Balaban J connectivity index is 2.35. The summed E-state index contributed by atoms with van der Waals surface area (Å²) in [7, 11) is 1.68. The quantitative estimate of drug-likeness (QED) is 0.853. The second-order valence-corrected chi connectivity index (χ2v) is 4.07. The Morgan fingerprint density at radius 2 is 1.59 bits per heavy atom. The number of hydrogen-bond donors (Lipinski definition) is 1. The predicted molar refractivity (Wildman–Crippen MR) is 72.2 cm³/mol. The highest BCUT2D eigenvalue weighted by Gasteiger charge is 2.04. The van der Waals surface area contributed by atoms with Gasteiger partial charge in [-0.3, -0.25) is 0 Å². The maximum atomic E-state index is 5.33. The average molecular weight is 227 g/mol. The zero-order chi connectivity index (χ0) is 12.3. The Morgan fingerprint density at radius 3 is 2.35 bits per heavy atom. The van der Waals surface area contributed by atoms with Crippen molar-refractivity contribution >= 4 is 11.4 Å². The summed E-state index contributed by atoms with van der Waals surface area (Å²) < 4.78 is 5.33. The fourth-order valence-corrected chi connectivity index (χ4v) is 1.78. The monoisotopic (exact) mass is 227 g/mol. The molecule has 0 bridgehead atoms. The molecule has 88 valence electrons. The largest absolute Gasteiger partial charge is 0.495 e. The van der Waals surface area contributed by atoms with E-state index < -0.39 is 0 Å². The molecule has 0 unspecified atom stereocenters. The van der Waals surface area contributed by atoms with Crippen LogP contribution in [0.1, 0.15) is 11.1 Å². The second kappa shape index (κ2) is 4.91. The highest BCUT2D eigenvalue weighted by atomic mass is 16.5. The molecule has 2 heteroatoms. The topological polar surface area (TPSA) is 21.3 Å². The first-order valence-electron chi connectivity index (χ1n) is 5.68. The van der Waals surface area contributed by atoms with Crippen molar-refractivity contribution < 1.29 is 4.74 Å². The standard InChI is InChI=1S/C15H17NO/c1-11-7-6-9-13(12(11)2)16-14-8-4-5-10-15(14)17-3/h4-10,16H,1-3H3. The van der Waals surface area contributed by atoms with Crippen molar-refractivity contribution in [1.82, 2.24) is 0 Å². The van der Waals surface area contributed by atoms with Crippen molar-refractivity contribution in [3.05, 3.63) is 53.6 Å². The molecule has 2 aromatic carbocycles. The summed E-state index contributed by atoms with van der Waals surface area (Å²) in [4.78, 5) is 0. The maximum absolute atomic E-state index is 5.33. The molecule has 0 amide bonds. The Kier molecular flexibility index (Phi) is 3.33. The van der Waals surface area contributed by atoms with Crippen LogP contribution < -0.4 is 10.1 Å². The molecule has 0 radical (unpaired) electrons. The highest BCUT2D eigenvalue weighted by molar-refractivity contribution is 5.69. The fraction of sp³-hybridized carbons (Fsp3) is 0.200. The average Bonchev–Trinajstić information content (AvgIpc) is 2.35. The first-order valence-corrected chi connectivity index (χ1v) is 5.68. The molecule has 0 aliphatic carbocycles. The maximum Gasteiger partial charge on any atom is 0.142 e. The molecule has 0 fully saturated rings. The summed E-state index contributed by atoms with van der Waals surface area (Å²) >= 11 is 0. The number of nitrogens with one attached hydrogen (secondary N) is 1. The van der Waals surface area contributed by atoms with Gasteiger partial charge in [0.25, 0.3) is 0 Å². The number of hydrogen-bond acceptors (Lipinski definition) is 2. The molecule has 0 aromatic heterocycles. The van der Waals surface area contributed by atoms with Gasteiger partial charge in [0, 0.05) is 5.69 Å². The molecule has 0 aliphatic rings. The summed E-state index contributed by atoms with van der Waals surface area (Å²) in [5.74, 6) is 0.855. The Morgan fingerprint density at radius 1 is 0.882 bits per heavy atom. The fourth-order valence-electron chi connectivity index (χ4n) is 1.78. The van der Waals surface area contributed by atoms with Gasteiger partial charge >= 0.3 is 0 Å². The molecule has 0 aliphatic heterocycles. The molecule has 0 heterocycles. The van der Waals surface area contributed by atoms with Crippen molar-refractivity contribution in [2.45, 2.75) is 13.8 Å². The van der Waals surface area contributed by atoms with Crippen LogP contribution in [0.25, 0.3) is 0 Å². The van der Waals surface area contributed by atoms with E-state index in [1.807, 2.05) is 24.3 Å². The number of rotatable bonds is 3. The van der Waals surface area contributed by atoms with E-state index in [9.17, 15) is 0 Å². The van der Waals surface area contributed by atoms with E-state index in [2.05, 4.69) is 37.4 Å². The van der Waals surface area contributed by atoms with E-state index in [-0.39, 0.29) is 0 Å². The summed E-state index contributed by atoms with van der Waals surface area (Å²) in [6, 6.07) is 14.2. The van der Waals surface area contributed by atoms with Gasteiger partial charge in [-0.25, -0.2) is 0 Å². The van der Waals surface area contributed by atoms with Crippen molar-refractivity contribution in [2.24, 2.45) is 0 Å². The number of ether oxygens (including phenoxy) is 1. The van der Waals surface area contributed by atoms with Gasteiger partial charge in [-0.1, -0.05) is 24.3 Å². The molecular formula is C15H17NO. The van der Waals surface area contributed by atoms with Gasteiger partial charge in [-0.15, -0.1) is 0 Å². The van der Waals surface area contributed by atoms with Crippen LogP contribution in [0.2, 0.25) is 0 Å². The highest BCUT2D eigenvalue weighted by Crippen LogP contribution is 2.29. The Bertz CT molecular complexity index is 520. The van der Waals surface area contributed by atoms with Crippen LogP contribution in [0.5, 0.6) is 5.75 Å². The van der Waals surface area contributed by atoms with Crippen LogP contribution in [0, 0.1) is 13.8 Å². The Hall–Kier alpha value is -1.96. The lowest BCUT2D eigenvalue weighted by atomic mass is 10.1. The van der Waals surface area contributed by atoms with Gasteiger partial charge < -0.3 is 10.1 Å². The zero-order valence-electron chi connectivity index (χ0n) is 10.4. The van der Waals surface area contributed by atoms with Crippen LogP contribution in [0.3, 0.4) is 0 Å². The zero-order valence-corrected chi connectivity index (χ0v) is 10.4. The molecule has 17 heavy (non-hydrogen) atoms. The van der Waals surface area contributed by atoms with Crippen LogP contribution >= 0.6 is 0 Å². The van der Waals surface area contributed by atoms with E-state index in [1.165, 1.54) is 11.1 Å². The number of aryl methyl sites for hydroxylation is 1. The molecule has 2 nitrogen and oxygen atoms in total. The van der Waals surface area contributed by atoms with Crippen LogP contribution in [0.4, 0.5) is 11.4 Å². The van der Waals surface area contributed by atoms with Crippen LogP contribution in [0.15, 0.2) is 42.5 Å². The summed E-state index contributed by atoms with van der Waals surface area (Å²) in [6.07, 6.45) is 0. The molecule has 0 spiro atoms. The van der Waals surface area contributed by atoms with Gasteiger partial charge in [0.2, 0.25) is 0 Å². The first kappa shape index (κ1) is 11.5. The third kappa shape index (κ3) is 2.41. The molecule has 0 saturated heterocycles. The van der Waals surface area contributed by atoms with Gasteiger partial charge in [-0.05, 0) is 43.2 Å². The SMILES string of the molecule is COc1ccccc1Nc1cccc(C)c1C. The summed E-state index contributed by atoms with van der Waals surface area (Å²) in [6.45, 7) is 4.23. The van der Waals surface area contributed by atoms with Crippen molar-refractivity contribution in [1.29, 1.82) is 0 Å². The second-order valence-electron chi connectivity index (χ2n) is 4.07.